The van der Waals surface area contributed by atoms with E-state index in [0.717, 1.165) is 16.8 Å². The SMILES string of the molecule is CC(C)(C)OC(=O)NC(Cc1ccccc1)c1nc(-c2ccccc2)c[nH]1. The number of alkyl carbamates (subject to hydrolysis) is 1. The summed E-state index contributed by atoms with van der Waals surface area (Å²) in [4.78, 5) is 20.2. The topological polar surface area (TPSA) is 67.0 Å². The van der Waals surface area contributed by atoms with Gasteiger partial charge in [-0.2, -0.15) is 0 Å². The van der Waals surface area contributed by atoms with E-state index in [1.54, 1.807) is 0 Å². The maximum atomic E-state index is 12.3. The van der Waals surface area contributed by atoms with Crippen molar-refractivity contribution in [1.29, 1.82) is 0 Å². The molecule has 0 spiro atoms. The molecule has 0 saturated heterocycles. The number of hydrogen-bond acceptors (Lipinski definition) is 3. The minimum atomic E-state index is -0.556. The molecule has 1 amide bonds. The Kier molecular flexibility index (Phi) is 5.60. The Balaban J connectivity index is 1.83. The van der Waals surface area contributed by atoms with Crippen molar-refractivity contribution in [2.75, 3.05) is 0 Å². The van der Waals surface area contributed by atoms with Crippen LogP contribution >= 0.6 is 0 Å². The highest BCUT2D eigenvalue weighted by Gasteiger charge is 2.23. The van der Waals surface area contributed by atoms with Crippen molar-refractivity contribution in [2.24, 2.45) is 0 Å². The third-order valence-corrected chi connectivity index (χ3v) is 3.97. The summed E-state index contributed by atoms with van der Waals surface area (Å²) in [6.07, 6.45) is 2.02. The number of hydrogen-bond donors (Lipinski definition) is 2. The average molecular weight is 363 g/mol. The Hall–Kier alpha value is -3.08. The molecule has 5 nitrogen and oxygen atoms in total. The van der Waals surface area contributed by atoms with Crippen molar-refractivity contribution in [3.8, 4) is 11.3 Å². The number of benzene rings is 2. The molecule has 0 bridgehead atoms. The summed E-state index contributed by atoms with van der Waals surface area (Å²) in [7, 11) is 0. The standard InChI is InChI=1S/C22H25N3O2/c1-22(2,3)27-21(26)25-18(14-16-10-6-4-7-11-16)20-23-15-19(24-20)17-12-8-5-9-13-17/h4-13,15,18H,14H2,1-3H3,(H,23,24)(H,25,26). The van der Waals surface area contributed by atoms with E-state index in [1.165, 1.54) is 0 Å². The van der Waals surface area contributed by atoms with Gasteiger partial charge in [-0.15, -0.1) is 0 Å². The lowest BCUT2D eigenvalue weighted by Crippen LogP contribution is -2.36. The molecule has 1 heterocycles. The van der Waals surface area contributed by atoms with Crippen molar-refractivity contribution < 1.29 is 9.53 Å². The Bertz CT molecular complexity index is 867. The normalized spacial score (nSPS) is 12.4. The molecule has 0 radical (unpaired) electrons. The van der Waals surface area contributed by atoms with Gasteiger partial charge in [-0.3, -0.25) is 0 Å². The Morgan fingerprint density at radius 2 is 1.70 bits per heavy atom. The first kappa shape index (κ1) is 18.7. The first-order chi connectivity index (χ1) is 12.9. The number of H-pyrrole nitrogens is 1. The van der Waals surface area contributed by atoms with Crippen LogP contribution in [-0.4, -0.2) is 21.7 Å². The van der Waals surface area contributed by atoms with Crippen molar-refractivity contribution in [2.45, 2.75) is 38.8 Å². The predicted molar refractivity (Wildman–Crippen MR) is 106 cm³/mol. The zero-order chi connectivity index (χ0) is 19.3. The first-order valence-electron chi connectivity index (χ1n) is 9.05. The number of rotatable bonds is 5. The number of imidazole rings is 1. The van der Waals surface area contributed by atoms with E-state index in [4.69, 9.17) is 9.72 Å². The second kappa shape index (κ2) is 8.08. The van der Waals surface area contributed by atoms with Crippen LogP contribution in [-0.2, 0) is 11.2 Å². The van der Waals surface area contributed by atoms with Crippen LogP contribution in [0.4, 0.5) is 4.79 Å². The van der Waals surface area contributed by atoms with Gasteiger partial charge in [0, 0.05) is 18.2 Å². The number of aromatic amines is 1. The minimum absolute atomic E-state index is 0.320. The molecule has 1 atom stereocenters. The number of aromatic nitrogens is 2. The highest BCUT2D eigenvalue weighted by atomic mass is 16.6. The van der Waals surface area contributed by atoms with Gasteiger partial charge < -0.3 is 15.0 Å². The molecule has 27 heavy (non-hydrogen) atoms. The Morgan fingerprint density at radius 1 is 1.07 bits per heavy atom. The van der Waals surface area contributed by atoms with Gasteiger partial charge >= 0.3 is 6.09 Å². The van der Waals surface area contributed by atoms with Crippen molar-refractivity contribution in [3.05, 3.63) is 78.2 Å². The molecule has 0 aliphatic carbocycles. The van der Waals surface area contributed by atoms with Gasteiger partial charge in [0.15, 0.2) is 0 Å². The third-order valence-electron chi connectivity index (χ3n) is 3.97. The van der Waals surface area contributed by atoms with Gasteiger partial charge in [0.1, 0.15) is 11.4 Å². The van der Waals surface area contributed by atoms with Crippen LogP contribution in [0.3, 0.4) is 0 Å². The van der Waals surface area contributed by atoms with Gasteiger partial charge in [-0.1, -0.05) is 60.7 Å². The number of amides is 1. The maximum Gasteiger partial charge on any atom is 0.408 e. The lowest BCUT2D eigenvalue weighted by Gasteiger charge is -2.23. The van der Waals surface area contributed by atoms with E-state index >= 15 is 0 Å². The molecule has 3 rings (SSSR count). The fraction of sp³-hybridized carbons (Fsp3) is 0.273. The fourth-order valence-corrected chi connectivity index (χ4v) is 2.79. The molecule has 0 saturated carbocycles. The fourth-order valence-electron chi connectivity index (χ4n) is 2.79. The third kappa shape index (κ3) is 5.45. The number of carbonyl (C=O) groups is 1. The molecular weight excluding hydrogens is 338 g/mol. The van der Waals surface area contributed by atoms with Crippen LogP contribution in [0.15, 0.2) is 66.9 Å². The van der Waals surface area contributed by atoms with Crippen LogP contribution in [0.25, 0.3) is 11.3 Å². The summed E-state index contributed by atoms with van der Waals surface area (Å²) >= 11 is 0. The summed E-state index contributed by atoms with van der Waals surface area (Å²) in [5.41, 5.74) is 2.42. The van der Waals surface area contributed by atoms with Crippen molar-refractivity contribution in [1.82, 2.24) is 15.3 Å². The van der Waals surface area contributed by atoms with Gasteiger partial charge in [-0.05, 0) is 26.3 Å². The van der Waals surface area contributed by atoms with E-state index in [0.29, 0.717) is 12.2 Å². The first-order valence-corrected chi connectivity index (χ1v) is 9.05. The van der Waals surface area contributed by atoms with Gasteiger partial charge in [-0.25, -0.2) is 9.78 Å². The molecule has 2 N–H and O–H groups in total. The molecule has 5 heteroatoms. The molecule has 140 valence electrons. The number of ether oxygens (including phenoxy) is 1. The van der Waals surface area contributed by atoms with Crippen LogP contribution in [0.5, 0.6) is 0 Å². The lowest BCUT2D eigenvalue weighted by atomic mass is 10.1. The van der Waals surface area contributed by atoms with Gasteiger partial charge in [0.25, 0.3) is 0 Å². The summed E-state index contributed by atoms with van der Waals surface area (Å²) < 4.78 is 5.43. The van der Waals surface area contributed by atoms with Crippen LogP contribution in [0.1, 0.15) is 38.2 Å². The van der Waals surface area contributed by atoms with Crippen molar-refractivity contribution >= 4 is 6.09 Å². The van der Waals surface area contributed by atoms with Crippen LogP contribution in [0, 0.1) is 0 Å². The summed E-state index contributed by atoms with van der Waals surface area (Å²) in [5, 5.41) is 2.95. The molecule has 3 aromatic rings. The van der Waals surface area contributed by atoms with Crippen molar-refractivity contribution in [3.63, 3.8) is 0 Å². The Morgan fingerprint density at radius 3 is 2.33 bits per heavy atom. The van der Waals surface area contributed by atoms with Gasteiger partial charge in [0.05, 0.1) is 11.7 Å². The van der Waals surface area contributed by atoms with Crippen LogP contribution in [0.2, 0.25) is 0 Å². The van der Waals surface area contributed by atoms with E-state index in [-0.39, 0.29) is 6.04 Å². The van der Waals surface area contributed by atoms with E-state index in [9.17, 15) is 4.79 Å². The number of nitrogens with zero attached hydrogens (tertiary/aromatic N) is 1. The summed E-state index contributed by atoms with van der Waals surface area (Å²) in [5.74, 6) is 0.698. The molecule has 0 aliphatic rings. The van der Waals surface area contributed by atoms with Crippen LogP contribution < -0.4 is 5.32 Å². The lowest BCUT2D eigenvalue weighted by molar-refractivity contribution is 0.0501. The smallest absolute Gasteiger partial charge is 0.408 e. The molecule has 0 fully saturated rings. The largest absolute Gasteiger partial charge is 0.444 e. The molecule has 1 aromatic heterocycles. The molecule has 0 aliphatic heterocycles. The zero-order valence-corrected chi connectivity index (χ0v) is 15.9. The van der Waals surface area contributed by atoms with E-state index < -0.39 is 11.7 Å². The van der Waals surface area contributed by atoms with E-state index in [1.807, 2.05) is 87.6 Å². The minimum Gasteiger partial charge on any atom is -0.444 e. The Labute approximate surface area is 159 Å². The summed E-state index contributed by atoms with van der Waals surface area (Å²) in [6, 6.07) is 19.6. The highest BCUT2D eigenvalue weighted by molar-refractivity contribution is 5.68. The predicted octanol–water partition coefficient (Wildman–Crippen LogP) is 4.89. The molecule has 2 aromatic carbocycles. The average Bonchev–Trinajstić information content (AvgIpc) is 3.11. The number of carbonyl (C=O) groups excluding carboxylic acids is 1. The van der Waals surface area contributed by atoms with Gasteiger partial charge in [0.2, 0.25) is 0 Å². The summed E-state index contributed by atoms with van der Waals surface area (Å²) in [6.45, 7) is 5.54. The monoisotopic (exact) mass is 363 g/mol. The second-order valence-corrected chi connectivity index (χ2v) is 7.43. The molecular formula is C22H25N3O2. The quantitative estimate of drug-likeness (QED) is 0.678. The van der Waals surface area contributed by atoms with E-state index in [2.05, 4.69) is 10.3 Å². The second-order valence-electron chi connectivity index (χ2n) is 7.43. The maximum absolute atomic E-state index is 12.3. The highest BCUT2D eigenvalue weighted by Crippen LogP contribution is 2.22. The molecule has 1 unspecified atom stereocenters. The number of nitrogens with one attached hydrogen (secondary N) is 2. The zero-order valence-electron chi connectivity index (χ0n) is 15.9.